The Kier molecular flexibility index (Phi) is 6.19. The molecule has 1 heterocycles. The Labute approximate surface area is 162 Å². The zero-order valence-electron chi connectivity index (χ0n) is 16.3. The molecule has 0 amide bonds. The predicted octanol–water partition coefficient (Wildman–Crippen LogP) is 2.86. The van der Waals surface area contributed by atoms with E-state index in [0.717, 1.165) is 42.9 Å². The van der Waals surface area contributed by atoms with E-state index in [2.05, 4.69) is 17.0 Å². The molecule has 0 aromatic heterocycles. The molecule has 1 aliphatic heterocycles. The molecule has 6 heteroatoms. The summed E-state index contributed by atoms with van der Waals surface area (Å²) in [6.07, 6.45) is 0.952. The number of nitrogens with zero attached hydrogens (tertiary/aromatic N) is 2. The van der Waals surface area contributed by atoms with Crippen molar-refractivity contribution in [1.82, 2.24) is 9.21 Å². The first-order valence-electron chi connectivity index (χ1n) is 9.33. The highest BCUT2D eigenvalue weighted by molar-refractivity contribution is 7.89. The first-order chi connectivity index (χ1) is 12.9. The SMILES string of the molecule is COc1ccc(CCN2CCN(S(=O)(=O)c3ccc(C)c(C)c3)CC2)cc1. The second kappa shape index (κ2) is 8.42. The fraction of sp³-hybridized carbons (Fsp3) is 0.429. The van der Waals surface area contributed by atoms with E-state index in [9.17, 15) is 8.42 Å². The molecule has 146 valence electrons. The molecule has 1 aliphatic rings. The molecule has 2 aromatic carbocycles. The number of rotatable bonds is 6. The molecule has 27 heavy (non-hydrogen) atoms. The van der Waals surface area contributed by atoms with Crippen LogP contribution in [0.1, 0.15) is 16.7 Å². The smallest absolute Gasteiger partial charge is 0.243 e. The van der Waals surface area contributed by atoms with Crippen LogP contribution in [0.3, 0.4) is 0 Å². The van der Waals surface area contributed by atoms with Gasteiger partial charge in [-0.3, -0.25) is 0 Å². The van der Waals surface area contributed by atoms with Crippen molar-refractivity contribution in [3.8, 4) is 5.75 Å². The highest BCUT2D eigenvalue weighted by atomic mass is 32.2. The first-order valence-corrected chi connectivity index (χ1v) is 10.8. The molecule has 0 unspecified atom stereocenters. The number of benzene rings is 2. The van der Waals surface area contributed by atoms with E-state index in [0.29, 0.717) is 18.0 Å². The van der Waals surface area contributed by atoms with Gasteiger partial charge in [-0.25, -0.2) is 8.42 Å². The molecular formula is C21H28N2O3S. The molecule has 0 saturated carbocycles. The molecule has 0 atom stereocenters. The number of hydrogen-bond donors (Lipinski definition) is 0. The zero-order valence-corrected chi connectivity index (χ0v) is 17.1. The number of sulfonamides is 1. The Morgan fingerprint density at radius 1 is 0.926 bits per heavy atom. The zero-order chi connectivity index (χ0) is 19.4. The summed E-state index contributed by atoms with van der Waals surface area (Å²) in [6, 6.07) is 13.5. The topological polar surface area (TPSA) is 49.9 Å². The third-order valence-corrected chi connectivity index (χ3v) is 7.22. The minimum Gasteiger partial charge on any atom is -0.497 e. The molecule has 1 saturated heterocycles. The average Bonchev–Trinajstić information content (AvgIpc) is 2.69. The van der Waals surface area contributed by atoms with E-state index in [4.69, 9.17) is 4.74 Å². The summed E-state index contributed by atoms with van der Waals surface area (Å²) in [5.74, 6) is 0.865. The molecule has 0 aliphatic carbocycles. The highest BCUT2D eigenvalue weighted by Gasteiger charge is 2.28. The van der Waals surface area contributed by atoms with Crippen LogP contribution in [0.4, 0.5) is 0 Å². The van der Waals surface area contributed by atoms with Gasteiger partial charge in [-0.2, -0.15) is 4.31 Å². The first kappa shape index (κ1) is 19.9. The highest BCUT2D eigenvalue weighted by Crippen LogP contribution is 2.20. The van der Waals surface area contributed by atoms with Crippen LogP contribution in [0.5, 0.6) is 5.75 Å². The van der Waals surface area contributed by atoms with Crippen molar-refractivity contribution in [2.45, 2.75) is 25.2 Å². The number of hydrogen-bond acceptors (Lipinski definition) is 4. The molecule has 0 bridgehead atoms. The van der Waals surface area contributed by atoms with Gasteiger partial charge in [-0.15, -0.1) is 0 Å². The van der Waals surface area contributed by atoms with Gasteiger partial charge in [0.15, 0.2) is 0 Å². The predicted molar refractivity (Wildman–Crippen MR) is 108 cm³/mol. The number of ether oxygens (including phenoxy) is 1. The Morgan fingerprint density at radius 3 is 2.19 bits per heavy atom. The van der Waals surface area contributed by atoms with Crippen LogP contribution < -0.4 is 4.74 Å². The molecule has 0 radical (unpaired) electrons. The van der Waals surface area contributed by atoms with Crippen LogP contribution in [0.15, 0.2) is 47.4 Å². The largest absolute Gasteiger partial charge is 0.497 e. The molecule has 0 spiro atoms. The van der Waals surface area contributed by atoms with Gasteiger partial charge in [0.05, 0.1) is 12.0 Å². The fourth-order valence-electron chi connectivity index (χ4n) is 3.30. The summed E-state index contributed by atoms with van der Waals surface area (Å²) >= 11 is 0. The van der Waals surface area contributed by atoms with Gasteiger partial charge in [0, 0.05) is 32.7 Å². The average molecular weight is 389 g/mol. The lowest BCUT2D eigenvalue weighted by molar-refractivity contribution is 0.190. The Hall–Kier alpha value is -1.89. The van der Waals surface area contributed by atoms with Crippen molar-refractivity contribution < 1.29 is 13.2 Å². The fourth-order valence-corrected chi connectivity index (χ4v) is 4.80. The van der Waals surface area contributed by atoms with E-state index >= 15 is 0 Å². The Bertz CT molecular complexity index is 871. The van der Waals surface area contributed by atoms with Crippen molar-refractivity contribution >= 4 is 10.0 Å². The maximum absolute atomic E-state index is 12.9. The van der Waals surface area contributed by atoms with E-state index in [1.54, 1.807) is 23.5 Å². The van der Waals surface area contributed by atoms with Gasteiger partial charge >= 0.3 is 0 Å². The minimum absolute atomic E-state index is 0.400. The molecule has 2 aromatic rings. The number of piperazine rings is 1. The molecule has 3 rings (SSSR count). The molecule has 5 nitrogen and oxygen atoms in total. The second-order valence-electron chi connectivity index (χ2n) is 7.09. The number of aryl methyl sites for hydroxylation is 2. The summed E-state index contributed by atoms with van der Waals surface area (Å²) in [5, 5.41) is 0. The van der Waals surface area contributed by atoms with E-state index in [-0.39, 0.29) is 0 Å². The van der Waals surface area contributed by atoms with Gasteiger partial charge in [-0.1, -0.05) is 18.2 Å². The van der Waals surface area contributed by atoms with Crippen LogP contribution in [0.25, 0.3) is 0 Å². The van der Waals surface area contributed by atoms with E-state index in [1.807, 2.05) is 32.0 Å². The lowest BCUT2D eigenvalue weighted by Gasteiger charge is -2.34. The van der Waals surface area contributed by atoms with Crippen molar-refractivity contribution in [3.63, 3.8) is 0 Å². The third kappa shape index (κ3) is 4.69. The summed E-state index contributed by atoms with van der Waals surface area (Å²) in [4.78, 5) is 2.73. The standard InChI is InChI=1S/C21H28N2O3S/c1-17-4-9-21(16-18(17)2)27(24,25)23-14-12-22(13-15-23)11-10-19-5-7-20(26-3)8-6-19/h4-9,16H,10-15H2,1-3H3. The van der Waals surface area contributed by atoms with Gasteiger partial charge in [0.1, 0.15) is 5.75 Å². The van der Waals surface area contributed by atoms with Gasteiger partial charge in [0.2, 0.25) is 10.0 Å². The van der Waals surface area contributed by atoms with Crippen LogP contribution in [0, 0.1) is 13.8 Å². The monoisotopic (exact) mass is 388 g/mol. The summed E-state index contributed by atoms with van der Waals surface area (Å²) in [6.45, 7) is 7.48. The van der Waals surface area contributed by atoms with Crippen LogP contribution in [-0.2, 0) is 16.4 Å². The maximum atomic E-state index is 12.9. The van der Waals surface area contributed by atoms with Crippen molar-refractivity contribution in [1.29, 1.82) is 0 Å². The summed E-state index contributed by atoms with van der Waals surface area (Å²) in [5.41, 5.74) is 3.38. The van der Waals surface area contributed by atoms with Crippen molar-refractivity contribution in [3.05, 3.63) is 59.2 Å². The lowest BCUT2D eigenvalue weighted by atomic mass is 10.1. The summed E-state index contributed by atoms with van der Waals surface area (Å²) < 4.78 is 32.6. The second-order valence-corrected chi connectivity index (χ2v) is 9.03. The lowest BCUT2D eigenvalue weighted by Crippen LogP contribution is -2.49. The van der Waals surface area contributed by atoms with Gasteiger partial charge in [0.25, 0.3) is 0 Å². The van der Waals surface area contributed by atoms with E-state index < -0.39 is 10.0 Å². The Morgan fingerprint density at radius 2 is 1.59 bits per heavy atom. The molecule has 0 N–H and O–H groups in total. The Balaban J connectivity index is 1.55. The quantitative estimate of drug-likeness (QED) is 0.764. The van der Waals surface area contributed by atoms with Crippen LogP contribution >= 0.6 is 0 Å². The number of methoxy groups -OCH3 is 1. The normalized spacial score (nSPS) is 16.4. The maximum Gasteiger partial charge on any atom is 0.243 e. The molecule has 1 fully saturated rings. The summed E-state index contributed by atoms with van der Waals surface area (Å²) in [7, 11) is -1.74. The molecular weight excluding hydrogens is 360 g/mol. The van der Waals surface area contributed by atoms with Crippen LogP contribution in [0.2, 0.25) is 0 Å². The van der Waals surface area contributed by atoms with Crippen LogP contribution in [-0.4, -0.2) is 57.5 Å². The van der Waals surface area contributed by atoms with Crippen molar-refractivity contribution in [2.75, 3.05) is 39.8 Å². The van der Waals surface area contributed by atoms with Crippen molar-refractivity contribution in [2.24, 2.45) is 0 Å². The third-order valence-electron chi connectivity index (χ3n) is 5.32. The van der Waals surface area contributed by atoms with Gasteiger partial charge < -0.3 is 9.64 Å². The minimum atomic E-state index is -3.41. The van der Waals surface area contributed by atoms with E-state index in [1.165, 1.54) is 5.56 Å². The van der Waals surface area contributed by atoms with Gasteiger partial charge in [-0.05, 0) is 61.2 Å².